The summed E-state index contributed by atoms with van der Waals surface area (Å²) in [5.41, 5.74) is 0.779. The van der Waals surface area contributed by atoms with Crippen molar-refractivity contribution in [3.8, 4) is 11.5 Å². The van der Waals surface area contributed by atoms with E-state index in [1.807, 2.05) is 29.0 Å². The molecule has 1 aliphatic rings. The van der Waals surface area contributed by atoms with Gasteiger partial charge in [0.2, 0.25) is 0 Å². The summed E-state index contributed by atoms with van der Waals surface area (Å²) in [5, 5.41) is 3.84. The molecule has 9 heteroatoms. The molecule has 0 fully saturated rings. The maximum absolute atomic E-state index is 10.8. The van der Waals surface area contributed by atoms with Crippen molar-refractivity contribution in [1.82, 2.24) is 0 Å². The van der Waals surface area contributed by atoms with Gasteiger partial charge in [-0.2, -0.15) is 8.42 Å². The van der Waals surface area contributed by atoms with Crippen molar-refractivity contribution in [2.45, 2.75) is 12.8 Å². The summed E-state index contributed by atoms with van der Waals surface area (Å²) in [6.45, 7) is 1.52. The van der Waals surface area contributed by atoms with Gasteiger partial charge in [0.25, 0.3) is 10.1 Å². The zero-order valence-corrected chi connectivity index (χ0v) is 15.9. The first-order valence-electron chi connectivity index (χ1n) is 8.34. The Morgan fingerprint density at radius 3 is 2.33 bits per heavy atom. The number of benzene rings is 1. The second-order valence-corrected chi connectivity index (χ2v) is 8.85. The summed E-state index contributed by atoms with van der Waals surface area (Å²) in [6.07, 6.45) is 0.967. The van der Waals surface area contributed by atoms with Crippen molar-refractivity contribution in [2.24, 2.45) is 5.41 Å². The van der Waals surface area contributed by atoms with E-state index < -0.39 is 10.1 Å². The van der Waals surface area contributed by atoms with Crippen molar-refractivity contribution in [2.75, 3.05) is 32.2 Å². The second kappa shape index (κ2) is 10.2. The van der Waals surface area contributed by atoms with Gasteiger partial charge in [-0.3, -0.25) is 4.55 Å². The third-order valence-corrected chi connectivity index (χ3v) is 5.69. The summed E-state index contributed by atoms with van der Waals surface area (Å²) < 4.78 is 48.1. The molecule has 1 aromatic carbocycles. The molecular formula is C18H23NaO6S2. The topological polar surface area (TPSA) is 82.1 Å². The van der Waals surface area contributed by atoms with Crippen molar-refractivity contribution in [1.29, 1.82) is 0 Å². The Morgan fingerprint density at radius 1 is 1.11 bits per heavy atom. The first-order chi connectivity index (χ1) is 12.5. The van der Waals surface area contributed by atoms with E-state index in [2.05, 4.69) is 12.1 Å². The van der Waals surface area contributed by atoms with Crippen molar-refractivity contribution < 1.29 is 27.2 Å². The molecule has 0 saturated heterocycles. The van der Waals surface area contributed by atoms with E-state index in [9.17, 15) is 8.42 Å². The molecule has 0 aliphatic carbocycles. The van der Waals surface area contributed by atoms with Crippen LogP contribution in [0.1, 0.15) is 12.0 Å². The molecule has 1 aromatic heterocycles. The molecule has 0 radical (unpaired) electrons. The Bertz CT molecular complexity index is 784. The number of ether oxygens (including phenoxy) is 3. The minimum atomic E-state index is -3.96. The van der Waals surface area contributed by atoms with Gasteiger partial charge in [-0.25, -0.2) is 0 Å². The molecule has 0 unspecified atom stereocenters. The minimum absolute atomic E-state index is 0. The quantitative estimate of drug-likeness (QED) is 0.400. The predicted molar refractivity (Wildman–Crippen MR) is 107 cm³/mol. The van der Waals surface area contributed by atoms with Crippen molar-refractivity contribution >= 4 is 51.0 Å². The molecule has 6 nitrogen and oxygen atoms in total. The Balaban J connectivity index is 0.00000261. The van der Waals surface area contributed by atoms with Gasteiger partial charge in [-0.1, -0.05) is 30.3 Å². The SMILES string of the molecule is O=S(=O)(O)CCCOCC1(Cc2ccccc2)COc2cscc2OC1.[NaH]. The number of hydrogen-bond acceptors (Lipinski definition) is 6. The van der Waals surface area contributed by atoms with E-state index >= 15 is 0 Å². The van der Waals surface area contributed by atoms with Crippen LogP contribution in [0.5, 0.6) is 11.5 Å². The van der Waals surface area contributed by atoms with Crippen LogP contribution in [0.2, 0.25) is 0 Å². The molecule has 0 spiro atoms. The van der Waals surface area contributed by atoms with Crippen LogP contribution in [0.3, 0.4) is 0 Å². The summed E-state index contributed by atoms with van der Waals surface area (Å²) in [5.74, 6) is 1.19. The number of rotatable bonds is 8. The first-order valence-corrected chi connectivity index (χ1v) is 10.9. The standard InChI is InChI=1S/C18H22O6S2.Na.H/c19-26(20,21)8-4-7-22-12-18(9-15-5-2-1-3-6-15)13-23-16-10-25-11-17(16)24-14-18;;/h1-3,5-6,10-11H,4,7-9,12-14H2,(H,19,20,21);;. The first kappa shape index (κ1) is 22.7. The predicted octanol–water partition coefficient (Wildman–Crippen LogP) is 2.39. The van der Waals surface area contributed by atoms with Gasteiger partial charge in [-0.15, -0.1) is 11.3 Å². The number of fused-ring (bicyclic) bond motifs is 1. The molecule has 3 rings (SSSR count). The monoisotopic (exact) mass is 422 g/mol. The Kier molecular flexibility index (Phi) is 8.61. The Morgan fingerprint density at radius 2 is 1.74 bits per heavy atom. The normalized spacial score (nSPS) is 15.6. The average Bonchev–Trinajstić information content (AvgIpc) is 2.99. The van der Waals surface area contributed by atoms with Crippen LogP contribution < -0.4 is 9.47 Å². The number of hydrogen-bond donors (Lipinski definition) is 1. The summed E-state index contributed by atoms with van der Waals surface area (Å²) in [4.78, 5) is 0. The van der Waals surface area contributed by atoms with Gasteiger partial charge < -0.3 is 14.2 Å². The molecule has 0 saturated carbocycles. The molecule has 0 amide bonds. The van der Waals surface area contributed by atoms with E-state index in [0.717, 1.165) is 23.5 Å². The molecule has 144 valence electrons. The zero-order valence-electron chi connectivity index (χ0n) is 14.3. The third kappa shape index (κ3) is 7.05. The van der Waals surface area contributed by atoms with Crippen LogP contribution in [0.4, 0.5) is 0 Å². The number of thiophene rings is 1. The molecule has 27 heavy (non-hydrogen) atoms. The molecule has 1 aliphatic heterocycles. The van der Waals surface area contributed by atoms with Crippen LogP contribution in [-0.2, 0) is 21.3 Å². The van der Waals surface area contributed by atoms with E-state index in [1.54, 1.807) is 0 Å². The second-order valence-electron chi connectivity index (χ2n) is 6.53. The molecule has 2 aromatic rings. The van der Waals surface area contributed by atoms with Crippen molar-refractivity contribution in [3.63, 3.8) is 0 Å². The van der Waals surface area contributed by atoms with E-state index in [4.69, 9.17) is 18.8 Å². The Labute approximate surface area is 185 Å². The molecular weight excluding hydrogens is 399 g/mol. The Hall–Kier alpha value is -0.610. The fraction of sp³-hybridized carbons (Fsp3) is 0.444. The third-order valence-electron chi connectivity index (χ3n) is 4.18. The van der Waals surface area contributed by atoms with E-state index in [0.29, 0.717) is 19.8 Å². The summed E-state index contributed by atoms with van der Waals surface area (Å²) in [6, 6.07) is 10.1. The van der Waals surface area contributed by atoms with Gasteiger partial charge in [0, 0.05) is 17.4 Å². The summed E-state index contributed by atoms with van der Waals surface area (Å²) in [7, 11) is -3.96. The molecule has 0 atom stereocenters. The summed E-state index contributed by atoms with van der Waals surface area (Å²) >= 11 is 1.53. The van der Waals surface area contributed by atoms with Gasteiger partial charge in [0.1, 0.15) is 0 Å². The van der Waals surface area contributed by atoms with Gasteiger partial charge in [0.05, 0.1) is 31.0 Å². The molecule has 0 bridgehead atoms. The van der Waals surface area contributed by atoms with Crippen LogP contribution >= 0.6 is 11.3 Å². The fourth-order valence-corrected chi connectivity index (χ4v) is 4.05. The van der Waals surface area contributed by atoms with Crippen LogP contribution in [-0.4, -0.2) is 74.7 Å². The van der Waals surface area contributed by atoms with E-state index in [-0.39, 0.29) is 53.8 Å². The van der Waals surface area contributed by atoms with Gasteiger partial charge >= 0.3 is 29.6 Å². The molecule has 1 N–H and O–H groups in total. The average molecular weight is 423 g/mol. The van der Waals surface area contributed by atoms with Crippen LogP contribution in [0.25, 0.3) is 0 Å². The van der Waals surface area contributed by atoms with Crippen LogP contribution in [0.15, 0.2) is 41.1 Å². The van der Waals surface area contributed by atoms with Gasteiger partial charge in [-0.05, 0) is 18.4 Å². The zero-order chi connectivity index (χ0) is 18.5. The van der Waals surface area contributed by atoms with Crippen LogP contribution in [0, 0.1) is 5.41 Å². The fourth-order valence-electron chi connectivity index (χ4n) is 2.88. The van der Waals surface area contributed by atoms with E-state index in [1.165, 1.54) is 11.3 Å². The van der Waals surface area contributed by atoms with Gasteiger partial charge in [0.15, 0.2) is 11.5 Å². The van der Waals surface area contributed by atoms with Crippen molar-refractivity contribution in [3.05, 3.63) is 46.7 Å². The maximum atomic E-state index is 10.8. The molecule has 2 heterocycles.